The molecule has 0 saturated heterocycles. The Kier molecular flexibility index (Phi) is 4.27. The molecule has 1 aliphatic carbocycles. The van der Waals surface area contributed by atoms with Crippen molar-refractivity contribution in [2.45, 2.75) is 36.5 Å². The van der Waals surface area contributed by atoms with Gasteiger partial charge in [0, 0.05) is 17.2 Å². The normalized spacial score (nSPS) is 23.4. The summed E-state index contributed by atoms with van der Waals surface area (Å²) in [6, 6.07) is 8.52. The van der Waals surface area contributed by atoms with Crippen molar-refractivity contribution < 1.29 is 9.53 Å². The molecule has 2 unspecified atom stereocenters. The molecule has 1 aliphatic heterocycles. The Bertz CT molecular complexity index is 529. The van der Waals surface area contributed by atoms with Crippen molar-refractivity contribution in [1.29, 1.82) is 0 Å². The van der Waals surface area contributed by atoms with Gasteiger partial charge in [0.15, 0.2) is 0 Å². The van der Waals surface area contributed by atoms with Crippen LogP contribution in [0.3, 0.4) is 0 Å². The summed E-state index contributed by atoms with van der Waals surface area (Å²) in [7, 11) is 1.48. The summed E-state index contributed by atoms with van der Waals surface area (Å²) in [5.74, 6) is 2.00. The Morgan fingerprint density at radius 2 is 2.14 bits per heavy atom. The van der Waals surface area contributed by atoms with Crippen molar-refractivity contribution in [3.63, 3.8) is 0 Å². The largest absolute Gasteiger partial charge is 0.469 e. The first-order valence-corrected chi connectivity index (χ1v) is 8.67. The number of nitrogens with two attached hydrogens (primary N) is 1. The van der Waals surface area contributed by atoms with Crippen LogP contribution >= 0.6 is 11.8 Å². The number of methoxy groups -OCH3 is 1. The van der Waals surface area contributed by atoms with E-state index in [1.165, 1.54) is 30.4 Å². The van der Waals surface area contributed by atoms with Gasteiger partial charge < -0.3 is 10.5 Å². The number of rotatable bonds is 6. The molecule has 114 valence electrons. The maximum absolute atomic E-state index is 12.4. The Hall–Kier alpha value is -1.00. The Labute approximate surface area is 130 Å². The summed E-state index contributed by atoms with van der Waals surface area (Å²) < 4.78 is 5.11. The first-order chi connectivity index (χ1) is 10.2. The number of esters is 1. The van der Waals surface area contributed by atoms with E-state index in [1.54, 1.807) is 0 Å². The van der Waals surface area contributed by atoms with Crippen molar-refractivity contribution in [1.82, 2.24) is 0 Å². The summed E-state index contributed by atoms with van der Waals surface area (Å²) in [5, 5.41) is 0. The molecule has 0 aromatic heterocycles. The van der Waals surface area contributed by atoms with Gasteiger partial charge in [0.05, 0.1) is 12.5 Å². The van der Waals surface area contributed by atoms with E-state index in [4.69, 9.17) is 10.5 Å². The van der Waals surface area contributed by atoms with Crippen LogP contribution in [0, 0.1) is 11.3 Å². The third-order valence-electron chi connectivity index (χ3n) is 4.82. The van der Waals surface area contributed by atoms with Crippen LogP contribution in [-0.2, 0) is 9.53 Å². The Morgan fingerprint density at radius 3 is 2.81 bits per heavy atom. The van der Waals surface area contributed by atoms with Gasteiger partial charge in [-0.1, -0.05) is 31.0 Å². The zero-order valence-electron chi connectivity index (χ0n) is 12.5. The molecule has 3 nitrogen and oxygen atoms in total. The molecule has 21 heavy (non-hydrogen) atoms. The van der Waals surface area contributed by atoms with E-state index in [0.29, 0.717) is 18.4 Å². The van der Waals surface area contributed by atoms with Crippen LogP contribution in [0.15, 0.2) is 29.2 Å². The second kappa shape index (κ2) is 6.01. The van der Waals surface area contributed by atoms with E-state index in [1.807, 2.05) is 11.8 Å². The van der Waals surface area contributed by atoms with Gasteiger partial charge in [0.1, 0.15) is 0 Å². The minimum atomic E-state index is -0.501. The maximum atomic E-state index is 12.4. The number of benzene rings is 1. The third kappa shape index (κ3) is 2.97. The monoisotopic (exact) mass is 305 g/mol. The molecule has 1 heterocycles. The highest BCUT2D eigenvalue weighted by molar-refractivity contribution is 7.99. The molecule has 2 aliphatic rings. The lowest BCUT2D eigenvalue weighted by atomic mass is 9.74. The zero-order valence-corrected chi connectivity index (χ0v) is 13.3. The maximum Gasteiger partial charge on any atom is 0.313 e. The van der Waals surface area contributed by atoms with Gasteiger partial charge in [-0.05, 0) is 36.3 Å². The molecular weight excluding hydrogens is 282 g/mol. The Balaban J connectivity index is 1.82. The standard InChI is InChI=1S/C17H23NO2S/c1-20-16(19)17(11-18,8-12-6-7-12)9-13-10-21-15-5-3-2-4-14(13)15/h2-5,12-13H,6-11,18H2,1H3. The van der Waals surface area contributed by atoms with Crippen molar-refractivity contribution in [2.24, 2.45) is 17.1 Å². The van der Waals surface area contributed by atoms with Crippen LogP contribution in [0.5, 0.6) is 0 Å². The number of carbonyl (C=O) groups excluding carboxylic acids is 1. The average molecular weight is 305 g/mol. The SMILES string of the molecule is COC(=O)C(CN)(CC1CC1)CC1CSc2ccccc21. The van der Waals surface area contributed by atoms with E-state index in [-0.39, 0.29) is 5.97 Å². The van der Waals surface area contributed by atoms with Crippen LogP contribution in [-0.4, -0.2) is 25.4 Å². The first-order valence-electron chi connectivity index (χ1n) is 7.69. The lowest BCUT2D eigenvalue weighted by Crippen LogP contribution is -2.41. The molecule has 1 aromatic carbocycles. The highest BCUT2D eigenvalue weighted by atomic mass is 32.2. The van der Waals surface area contributed by atoms with Crippen LogP contribution < -0.4 is 5.73 Å². The number of carbonyl (C=O) groups is 1. The molecule has 1 saturated carbocycles. The van der Waals surface area contributed by atoms with Gasteiger partial charge >= 0.3 is 5.97 Å². The molecule has 0 bridgehead atoms. The molecule has 1 fully saturated rings. The molecule has 4 heteroatoms. The van der Waals surface area contributed by atoms with Gasteiger partial charge in [-0.15, -0.1) is 11.8 Å². The minimum Gasteiger partial charge on any atom is -0.469 e. The number of hydrogen-bond acceptors (Lipinski definition) is 4. The van der Waals surface area contributed by atoms with E-state index in [0.717, 1.165) is 18.6 Å². The molecular formula is C17H23NO2S. The third-order valence-corrected chi connectivity index (χ3v) is 6.07. The minimum absolute atomic E-state index is 0.119. The lowest BCUT2D eigenvalue weighted by Gasteiger charge is -2.32. The highest BCUT2D eigenvalue weighted by Crippen LogP contribution is 2.49. The smallest absolute Gasteiger partial charge is 0.313 e. The summed E-state index contributed by atoms with van der Waals surface area (Å²) in [5.41, 5.74) is 6.92. The van der Waals surface area contributed by atoms with Gasteiger partial charge in [-0.3, -0.25) is 4.79 Å². The van der Waals surface area contributed by atoms with Crippen LogP contribution in [0.4, 0.5) is 0 Å². The summed E-state index contributed by atoms with van der Waals surface area (Å²) in [6.45, 7) is 0.388. The number of ether oxygens (including phenoxy) is 1. The van der Waals surface area contributed by atoms with Crippen LogP contribution in [0.1, 0.15) is 37.2 Å². The number of thioether (sulfide) groups is 1. The van der Waals surface area contributed by atoms with Gasteiger partial charge in [-0.25, -0.2) is 0 Å². The molecule has 2 N–H and O–H groups in total. The van der Waals surface area contributed by atoms with Crippen molar-refractivity contribution in [3.05, 3.63) is 29.8 Å². The average Bonchev–Trinajstić information content (AvgIpc) is 3.25. The highest BCUT2D eigenvalue weighted by Gasteiger charge is 2.45. The second-order valence-corrected chi connectivity index (χ2v) is 7.44. The van der Waals surface area contributed by atoms with Crippen LogP contribution in [0.25, 0.3) is 0 Å². The fourth-order valence-electron chi connectivity index (χ4n) is 3.46. The summed E-state index contributed by atoms with van der Waals surface area (Å²) in [6.07, 6.45) is 4.17. The predicted octanol–water partition coefficient (Wildman–Crippen LogP) is 3.18. The predicted molar refractivity (Wildman–Crippen MR) is 85.4 cm³/mol. The van der Waals surface area contributed by atoms with Gasteiger partial charge in [0.2, 0.25) is 0 Å². The van der Waals surface area contributed by atoms with E-state index >= 15 is 0 Å². The summed E-state index contributed by atoms with van der Waals surface area (Å²) in [4.78, 5) is 13.8. The van der Waals surface area contributed by atoms with Gasteiger partial charge in [0.25, 0.3) is 0 Å². The Morgan fingerprint density at radius 1 is 1.38 bits per heavy atom. The van der Waals surface area contributed by atoms with Crippen LogP contribution in [0.2, 0.25) is 0 Å². The lowest BCUT2D eigenvalue weighted by molar-refractivity contribution is -0.153. The quantitative estimate of drug-likeness (QED) is 0.820. The number of fused-ring (bicyclic) bond motifs is 1. The molecule has 0 amide bonds. The van der Waals surface area contributed by atoms with E-state index in [2.05, 4.69) is 24.3 Å². The van der Waals surface area contributed by atoms with Crippen molar-refractivity contribution >= 4 is 17.7 Å². The zero-order chi connectivity index (χ0) is 14.9. The molecule has 1 aromatic rings. The van der Waals surface area contributed by atoms with E-state index < -0.39 is 5.41 Å². The number of hydrogen-bond donors (Lipinski definition) is 1. The summed E-state index contributed by atoms with van der Waals surface area (Å²) >= 11 is 1.89. The fraction of sp³-hybridized carbons (Fsp3) is 0.588. The molecule has 3 rings (SSSR count). The van der Waals surface area contributed by atoms with Crippen molar-refractivity contribution in [2.75, 3.05) is 19.4 Å². The van der Waals surface area contributed by atoms with Crippen molar-refractivity contribution in [3.8, 4) is 0 Å². The van der Waals surface area contributed by atoms with Gasteiger partial charge in [-0.2, -0.15) is 0 Å². The fourth-order valence-corrected chi connectivity index (χ4v) is 4.72. The second-order valence-electron chi connectivity index (χ2n) is 6.37. The molecule has 0 spiro atoms. The topological polar surface area (TPSA) is 52.3 Å². The molecule has 0 radical (unpaired) electrons. The first kappa shape index (κ1) is 14.9. The molecule has 2 atom stereocenters. The van der Waals surface area contributed by atoms with E-state index in [9.17, 15) is 4.79 Å².